The molecule has 2 N–H and O–H groups in total. The second kappa shape index (κ2) is 11.4. The van der Waals surface area contributed by atoms with Crippen LogP contribution in [0.5, 0.6) is 5.75 Å². The van der Waals surface area contributed by atoms with Gasteiger partial charge in [0.25, 0.3) is 5.91 Å². The van der Waals surface area contributed by atoms with Gasteiger partial charge in [0.2, 0.25) is 0 Å². The number of aryl methyl sites for hydroxylation is 1. The average Bonchev–Trinajstić information content (AvgIpc) is 3.35. The van der Waals surface area contributed by atoms with E-state index in [1.165, 1.54) is 10.6 Å². The van der Waals surface area contributed by atoms with E-state index < -0.39 is 23.5 Å². The molecule has 1 amide bonds. The van der Waals surface area contributed by atoms with Gasteiger partial charge >= 0.3 is 5.97 Å². The highest BCUT2D eigenvalue weighted by atomic mass is 19.1. The minimum atomic E-state index is -1.42. The summed E-state index contributed by atoms with van der Waals surface area (Å²) in [5.74, 6) is -1.59. The molecule has 5 rings (SSSR count). The van der Waals surface area contributed by atoms with E-state index in [0.717, 1.165) is 30.4 Å². The number of nitrogens with zero attached hydrogens (tertiary/aromatic N) is 3. The van der Waals surface area contributed by atoms with Gasteiger partial charge in [-0.25, -0.2) is 18.7 Å². The summed E-state index contributed by atoms with van der Waals surface area (Å²) in [7, 11) is 0. The number of carbonyl (C=O) groups is 2. The molecule has 11 heteroatoms. The maximum absolute atomic E-state index is 15.5. The molecule has 1 fully saturated rings. The third-order valence-corrected chi connectivity index (χ3v) is 7.60. The van der Waals surface area contributed by atoms with Crippen molar-refractivity contribution in [3.8, 4) is 17.0 Å². The van der Waals surface area contributed by atoms with Crippen molar-refractivity contribution >= 4 is 17.5 Å². The fourth-order valence-electron chi connectivity index (χ4n) is 5.59. The zero-order valence-corrected chi connectivity index (χ0v) is 24.2. The quantitative estimate of drug-likeness (QED) is 0.425. The fraction of sp³-hybridized carbons (Fsp3) is 0.533. The van der Waals surface area contributed by atoms with Gasteiger partial charge in [-0.1, -0.05) is 0 Å². The number of ether oxygens (including phenoxy) is 3. The van der Waals surface area contributed by atoms with Crippen molar-refractivity contribution in [1.29, 1.82) is 0 Å². The van der Waals surface area contributed by atoms with Crippen molar-refractivity contribution in [1.82, 2.24) is 19.9 Å². The summed E-state index contributed by atoms with van der Waals surface area (Å²) in [5.41, 5.74) is 2.51. The summed E-state index contributed by atoms with van der Waals surface area (Å²) in [4.78, 5) is 30.4. The van der Waals surface area contributed by atoms with E-state index in [1.807, 2.05) is 6.92 Å². The lowest BCUT2D eigenvalue weighted by atomic mass is 9.91. The lowest BCUT2D eigenvalue weighted by molar-refractivity contribution is -0.160. The van der Waals surface area contributed by atoms with Crippen LogP contribution in [0.1, 0.15) is 79.0 Å². The van der Waals surface area contributed by atoms with Crippen molar-refractivity contribution in [3.05, 3.63) is 46.0 Å². The Balaban J connectivity index is 1.69. The number of aromatic nitrogens is 3. The predicted octanol–water partition coefficient (Wildman–Crippen LogP) is 4.57. The Kier molecular flexibility index (Phi) is 8.02. The summed E-state index contributed by atoms with van der Waals surface area (Å²) in [6, 6.07) is 2.91. The minimum Gasteiger partial charge on any atom is -0.490 e. The van der Waals surface area contributed by atoms with Crippen LogP contribution in [-0.4, -0.2) is 63.5 Å². The van der Waals surface area contributed by atoms with Crippen LogP contribution >= 0.6 is 0 Å². The number of carbonyl (C=O) groups excluding carboxylic acids is 1. The number of amides is 1. The monoisotopic (exact) mass is 568 g/mol. The zero-order valence-electron chi connectivity index (χ0n) is 24.2. The molecule has 2 aromatic heterocycles. The molecular formula is C30H37FN4O6. The summed E-state index contributed by atoms with van der Waals surface area (Å²) >= 11 is 0. The van der Waals surface area contributed by atoms with Crippen molar-refractivity contribution in [3.63, 3.8) is 0 Å². The van der Waals surface area contributed by atoms with Crippen LogP contribution < -0.4 is 10.1 Å². The van der Waals surface area contributed by atoms with E-state index in [4.69, 9.17) is 14.2 Å². The normalized spacial score (nSPS) is 16.7. The Bertz CT molecular complexity index is 1490. The van der Waals surface area contributed by atoms with Crippen LogP contribution in [-0.2, 0) is 20.7 Å². The maximum Gasteiger partial charge on any atom is 0.337 e. The average molecular weight is 569 g/mol. The first-order valence-electron chi connectivity index (χ1n) is 14.1. The molecule has 10 nitrogen and oxygen atoms in total. The number of carboxylic acid groups (broad SMARTS) is 1. The van der Waals surface area contributed by atoms with Crippen molar-refractivity contribution < 1.29 is 33.3 Å². The maximum atomic E-state index is 15.5. The summed E-state index contributed by atoms with van der Waals surface area (Å²) < 4.78 is 34.0. The summed E-state index contributed by atoms with van der Waals surface area (Å²) in [5, 5.41) is 17.9. The van der Waals surface area contributed by atoms with Gasteiger partial charge in [-0.05, 0) is 77.8 Å². The van der Waals surface area contributed by atoms with Crippen molar-refractivity contribution in [2.45, 2.75) is 72.0 Å². The molecular weight excluding hydrogens is 531 g/mol. The van der Waals surface area contributed by atoms with Gasteiger partial charge in [-0.15, -0.1) is 0 Å². The molecule has 2 aliphatic heterocycles. The second-order valence-corrected chi connectivity index (χ2v) is 11.8. The van der Waals surface area contributed by atoms with Gasteiger partial charge in [0, 0.05) is 48.2 Å². The third kappa shape index (κ3) is 5.92. The van der Waals surface area contributed by atoms with Gasteiger partial charge in [0.1, 0.15) is 0 Å². The molecule has 0 spiro atoms. The highest BCUT2D eigenvalue weighted by Gasteiger charge is 2.35. The van der Waals surface area contributed by atoms with E-state index in [-0.39, 0.29) is 22.9 Å². The molecule has 4 heterocycles. The number of carboxylic acids is 1. The Morgan fingerprint density at radius 3 is 2.63 bits per heavy atom. The number of nitrogens with one attached hydrogen (secondary N) is 1. The lowest BCUT2D eigenvalue weighted by Crippen LogP contribution is -2.32. The van der Waals surface area contributed by atoms with Crippen molar-refractivity contribution in [2.75, 3.05) is 26.4 Å². The minimum absolute atomic E-state index is 0.130. The molecule has 3 aromatic rings. The molecule has 0 unspecified atom stereocenters. The summed E-state index contributed by atoms with van der Waals surface area (Å²) in [6.07, 6.45) is 1.67. The van der Waals surface area contributed by atoms with Gasteiger partial charge in [-0.2, -0.15) is 5.10 Å². The molecule has 0 radical (unpaired) electrons. The molecule has 1 saturated heterocycles. The van der Waals surface area contributed by atoms with Crippen LogP contribution in [0.3, 0.4) is 0 Å². The number of hydrogen-bond acceptors (Lipinski definition) is 7. The van der Waals surface area contributed by atoms with Gasteiger partial charge in [0.15, 0.2) is 29.0 Å². The van der Waals surface area contributed by atoms with Crippen LogP contribution in [0.4, 0.5) is 4.39 Å². The first-order valence-corrected chi connectivity index (χ1v) is 14.1. The highest BCUT2D eigenvalue weighted by molar-refractivity contribution is 5.93. The molecule has 1 atom stereocenters. The standard InChI is InChI=1S/C30H37FN4O6/c1-16-19-7-6-10-40-26(19)21(31)13-20(16)25-24(27(29(37)38)41-30(3,4)5)17(2)33-23-14-22(34-35(23)25)28(36)32-15-18-8-11-39-12-9-18/h13-14,18,27H,6-12,15H2,1-5H3,(H,32,36)(H,37,38)/t27-/m0/s1. The van der Waals surface area contributed by atoms with Crippen molar-refractivity contribution in [2.24, 2.45) is 5.92 Å². The Morgan fingerprint density at radius 2 is 1.95 bits per heavy atom. The lowest BCUT2D eigenvalue weighted by Gasteiger charge is -2.28. The number of aliphatic carboxylic acids is 1. The summed E-state index contributed by atoms with van der Waals surface area (Å²) in [6.45, 7) is 11.1. The van der Waals surface area contributed by atoms with E-state index in [2.05, 4.69) is 15.4 Å². The SMILES string of the molecule is Cc1nc2cc(C(=O)NCC3CCOCC3)nn2c(-c2cc(F)c3c(c2C)CCCO3)c1[C@H](OC(C)(C)C)C(=O)O. The van der Waals surface area contributed by atoms with Gasteiger partial charge < -0.3 is 24.6 Å². The molecule has 0 saturated carbocycles. The first-order chi connectivity index (χ1) is 19.4. The number of rotatable bonds is 7. The number of halogens is 1. The Morgan fingerprint density at radius 1 is 1.22 bits per heavy atom. The topological polar surface area (TPSA) is 124 Å². The van der Waals surface area contributed by atoms with Crippen LogP contribution in [0.25, 0.3) is 16.9 Å². The number of benzene rings is 1. The van der Waals surface area contributed by atoms with E-state index in [1.54, 1.807) is 33.8 Å². The molecule has 220 valence electrons. The smallest absolute Gasteiger partial charge is 0.337 e. The van der Waals surface area contributed by atoms with E-state index >= 15 is 4.39 Å². The Hall–Kier alpha value is -3.57. The molecule has 0 aliphatic carbocycles. The second-order valence-electron chi connectivity index (χ2n) is 11.8. The zero-order chi connectivity index (χ0) is 29.5. The molecule has 41 heavy (non-hydrogen) atoms. The highest BCUT2D eigenvalue weighted by Crippen LogP contribution is 2.41. The largest absolute Gasteiger partial charge is 0.490 e. The molecule has 2 aliphatic rings. The fourth-order valence-corrected chi connectivity index (χ4v) is 5.59. The number of fused-ring (bicyclic) bond motifs is 2. The van der Waals surface area contributed by atoms with Gasteiger partial charge in [-0.3, -0.25) is 4.79 Å². The molecule has 1 aromatic carbocycles. The van der Waals surface area contributed by atoms with Crippen LogP contribution in [0, 0.1) is 25.6 Å². The van der Waals surface area contributed by atoms with Gasteiger partial charge in [0.05, 0.1) is 17.9 Å². The molecule has 0 bridgehead atoms. The predicted molar refractivity (Wildman–Crippen MR) is 149 cm³/mol. The number of hydrogen-bond donors (Lipinski definition) is 2. The van der Waals surface area contributed by atoms with Crippen LogP contribution in [0.2, 0.25) is 0 Å². The first kappa shape index (κ1) is 28.9. The van der Waals surface area contributed by atoms with E-state index in [0.29, 0.717) is 61.3 Å². The third-order valence-electron chi connectivity index (χ3n) is 7.60. The van der Waals surface area contributed by atoms with Crippen LogP contribution in [0.15, 0.2) is 12.1 Å². The Labute approximate surface area is 238 Å². The van der Waals surface area contributed by atoms with E-state index in [9.17, 15) is 14.7 Å².